The van der Waals surface area contributed by atoms with E-state index in [0.29, 0.717) is 28.8 Å². The van der Waals surface area contributed by atoms with Gasteiger partial charge in [0.15, 0.2) is 28.8 Å². The third kappa shape index (κ3) is 3.84. The molecule has 2 aromatic carbocycles. The average Bonchev–Trinajstić information content (AvgIpc) is 3.09. The first kappa shape index (κ1) is 19.8. The van der Waals surface area contributed by atoms with Gasteiger partial charge in [-0.1, -0.05) is 23.7 Å². The lowest BCUT2D eigenvalue weighted by atomic mass is 10.1. The summed E-state index contributed by atoms with van der Waals surface area (Å²) in [6.07, 6.45) is 0. The topological polar surface area (TPSA) is 83.0 Å². The molecule has 1 amide bonds. The fraction of sp³-hybridized carbons (Fsp3) is 0.250. The molecule has 0 saturated carbocycles. The van der Waals surface area contributed by atoms with Gasteiger partial charge >= 0.3 is 0 Å². The number of halogens is 2. The number of carbonyl (C=O) groups is 1. The van der Waals surface area contributed by atoms with Crippen LogP contribution in [0.25, 0.3) is 11.4 Å². The van der Waals surface area contributed by atoms with Crippen molar-refractivity contribution in [2.45, 2.75) is 32.9 Å². The Kier molecular flexibility index (Phi) is 5.38. The Balaban J connectivity index is 1.97. The van der Waals surface area contributed by atoms with Crippen LogP contribution in [0.5, 0.6) is 5.75 Å². The van der Waals surface area contributed by atoms with Gasteiger partial charge in [-0.25, -0.2) is 4.39 Å². The first-order valence-corrected chi connectivity index (χ1v) is 9.08. The van der Waals surface area contributed by atoms with Crippen molar-refractivity contribution in [3.8, 4) is 17.1 Å². The van der Waals surface area contributed by atoms with Crippen LogP contribution < -0.4 is 10.5 Å². The molecular weight excluding hydrogens is 383 g/mol. The Bertz CT molecular complexity index is 1020. The van der Waals surface area contributed by atoms with Crippen molar-refractivity contribution in [3.05, 3.63) is 64.7 Å². The third-order valence-corrected chi connectivity index (χ3v) is 4.53. The molecule has 1 heterocycles. The van der Waals surface area contributed by atoms with Gasteiger partial charge in [0.2, 0.25) is 5.91 Å². The molecule has 0 unspecified atom stereocenters. The number of benzene rings is 2. The van der Waals surface area contributed by atoms with E-state index in [1.807, 2.05) is 11.5 Å². The van der Waals surface area contributed by atoms with E-state index in [-0.39, 0.29) is 5.75 Å². The number of aromatic nitrogens is 3. The predicted molar refractivity (Wildman–Crippen MR) is 105 cm³/mol. The van der Waals surface area contributed by atoms with E-state index in [0.717, 1.165) is 5.56 Å². The minimum Gasteiger partial charge on any atom is -0.477 e. The number of hydrogen-bond donors (Lipinski definition) is 1. The Morgan fingerprint density at radius 3 is 2.46 bits per heavy atom. The number of ether oxygens (including phenoxy) is 1. The number of carbonyl (C=O) groups excluding carboxylic acids is 1. The molecule has 0 atom stereocenters. The van der Waals surface area contributed by atoms with Crippen molar-refractivity contribution in [1.82, 2.24) is 14.8 Å². The highest BCUT2D eigenvalue weighted by atomic mass is 35.5. The second-order valence-electron chi connectivity index (χ2n) is 6.72. The van der Waals surface area contributed by atoms with Gasteiger partial charge in [-0.05, 0) is 51.1 Å². The van der Waals surface area contributed by atoms with Gasteiger partial charge in [-0.15, -0.1) is 10.2 Å². The molecule has 6 nitrogen and oxygen atoms in total. The summed E-state index contributed by atoms with van der Waals surface area (Å²) in [5.41, 5.74) is 5.52. The van der Waals surface area contributed by atoms with E-state index in [1.165, 1.54) is 12.1 Å². The smallest absolute Gasteiger partial charge is 0.248 e. The second-order valence-corrected chi connectivity index (χ2v) is 7.16. The zero-order valence-electron chi connectivity index (χ0n) is 15.7. The van der Waals surface area contributed by atoms with Crippen molar-refractivity contribution >= 4 is 17.5 Å². The van der Waals surface area contributed by atoms with Crippen LogP contribution in [0.2, 0.25) is 5.02 Å². The first-order chi connectivity index (χ1) is 13.2. The van der Waals surface area contributed by atoms with Gasteiger partial charge in [0.1, 0.15) is 0 Å². The van der Waals surface area contributed by atoms with Gasteiger partial charge in [0, 0.05) is 22.7 Å². The summed E-state index contributed by atoms with van der Waals surface area (Å²) in [5, 5.41) is 8.85. The number of rotatable bonds is 6. The molecule has 28 heavy (non-hydrogen) atoms. The molecule has 3 aromatic rings. The molecule has 3 rings (SSSR count). The number of nitrogens with zero attached hydrogens (tertiary/aromatic N) is 3. The van der Waals surface area contributed by atoms with Gasteiger partial charge in [0.05, 0.1) is 0 Å². The summed E-state index contributed by atoms with van der Waals surface area (Å²) in [4.78, 5) is 11.3. The SMILES string of the molecule is CCn1c(-c2ccc(C(N)=O)cc2)nnc1C(C)(C)Oc1ccc(Cl)cc1F. The Morgan fingerprint density at radius 2 is 1.89 bits per heavy atom. The van der Waals surface area contributed by atoms with Crippen molar-refractivity contribution in [3.63, 3.8) is 0 Å². The highest BCUT2D eigenvalue weighted by Crippen LogP contribution is 2.31. The van der Waals surface area contributed by atoms with Gasteiger partial charge in [-0.2, -0.15) is 0 Å². The van der Waals surface area contributed by atoms with Crippen LogP contribution >= 0.6 is 11.6 Å². The highest BCUT2D eigenvalue weighted by Gasteiger charge is 2.31. The van der Waals surface area contributed by atoms with Crippen molar-refractivity contribution in [2.24, 2.45) is 5.73 Å². The molecule has 2 N–H and O–H groups in total. The number of hydrogen-bond acceptors (Lipinski definition) is 4. The Morgan fingerprint density at radius 1 is 1.21 bits per heavy atom. The molecule has 0 bridgehead atoms. The largest absolute Gasteiger partial charge is 0.477 e. The van der Waals surface area contributed by atoms with Gasteiger partial charge < -0.3 is 15.0 Å². The van der Waals surface area contributed by atoms with Crippen LogP contribution in [0.4, 0.5) is 4.39 Å². The van der Waals surface area contributed by atoms with Crippen LogP contribution in [-0.2, 0) is 12.1 Å². The average molecular weight is 403 g/mol. The molecule has 0 aliphatic rings. The van der Waals surface area contributed by atoms with Gasteiger partial charge in [-0.3, -0.25) is 4.79 Å². The fourth-order valence-electron chi connectivity index (χ4n) is 2.92. The van der Waals surface area contributed by atoms with Gasteiger partial charge in [0.25, 0.3) is 0 Å². The number of amides is 1. The van der Waals surface area contributed by atoms with Crippen molar-refractivity contribution in [2.75, 3.05) is 0 Å². The zero-order chi connectivity index (χ0) is 20.5. The Labute approximate surface area is 167 Å². The van der Waals surface area contributed by atoms with Crippen molar-refractivity contribution < 1.29 is 13.9 Å². The first-order valence-electron chi connectivity index (χ1n) is 8.71. The minimum absolute atomic E-state index is 0.0763. The van der Waals surface area contributed by atoms with E-state index in [1.54, 1.807) is 44.2 Å². The van der Waals surface area contributed by atoms with Crippen LogP contribution in [0.15, 0.2) is 42.5 Å². The zero-order valence-corrected chi connectivity index (χ0v) is 16.5. The molecule has 0 fully saturated rings. The summed E-state index contributed by atoms with van der Waals surface area (Å²) in [5.74, 6) is 0.182. The van der Waals surface area contributed by atoms with Crippen LogP contribution in [0, 0.1) is 5.82 Å². The van der Waals surface area contributed by atoms with E-state index in [4.69, 9.17) is 22.1 Å². The van der Waals surface area contributed by atoms with Crippen LogP contribution in [0.3, 0.4) is 0 Å². The summed E-state index contributed by atoms with van der Waals surface area (Å²) in [6, 6.07) is 11.0. The normalized spacial score (nSPS) is 11.5. The van der Waals surface area contributed by atoms with E-state index < -0.39 is 17.3 Å². The quantitative estimate of drug-likeness (QED) is 0.670. The van der Waals surface area contributed by atoms with Crippen LogP contribution in [-0.4, -0.2) is 20.7 Å². The predicted octanol–water partition coefficient (Wildman–Crippen LogP) is 4.17. The Hall–Kier alpha value is -2.93. The fourth-order valence-corrected chi connectivity index (χ4v) is 3.08. The standard InChI is InChI=1S/C20H20ClFN4O2/c1-4-26-18(13-7-5-12(6-8-13)17(23)27)24-25-19(26)20(2,3)28-16-10-9-14(21)11-15(16)22/h5-11H,4H2,1-3H3,(H2,23,27). The minimum atomic E-state index is -0.955. The van der Waals surface area contributed by atoms with E-state index in [9.17, 15) is 9.18 Å². The second kappa shape index (κ2) is 7.59. The summed E-state index contributed by atoms with van der Waals surface area (Å²) in [6.45, 7) is 6.10. The lowest BCUT2D eigenvalue weighted by molar-refractivity contribution is 0.0885. The molecule has 0 saturated heterocycles. The lowest BCUT2D eigenvalue weighted by Crippen LogP contribution is -2.30. The lowest BCUT2D eigenvalue weighted by Gasteiger charge is -2.26. The molecule has 1 aromatic heterocycles. The van der Waals surface area contributed by atoms with E-state index in [2.05, 4.69) is 10.2 Å². The summed E-state index contributed by atoms with van der Waals surface area (Å²) in [7, 11) is 0. The molecule has 0 aliphatic heterocycles. The third-order valence-electron chi connectivity index (χ3n) is 4.29. The monoisotopic (exact) mass is 402 g/mol. The van der Waals surface area contributed by atoms with Crippen LogP contribution in [0.1, 0.15) is 37.0 Å². The number of nitrogens with two attached hydrogens (primary N) is 1. The maximum absolute atomic E-state index is 14.2. The molecule has 0 radical (unpaired) electrons. The van der Waals surface area contributed by atoms with E-state index >= 15 is 0 Å². The molecule has 8 heteroatoms. The molecule has 0 spiro atoms. The molecule has 146 valence electrons. The molecular formula is C20H20ClFN4O2. The maximum atomic E-state index is 14.2. The highest BCUT2D eigenvalue weighted by molar-refractivity contribution is 6.30. The molecule has 0 aliphatic carbocycles. The summed E-state index contributed by atoms with van der Waals surface area (Å²) >= 11 is 5.80. The maximum Gasteiger partial charge on any atom is 0.248 e. The van der Waals surface area contributed by atoms with Crippen molar-refractivity contribution in [1.29, 1.82) is 0 Å². The summed E-state index contributed by atoms with van der Waals surface area (Å²) < 4.78 is 21.9. The number of primary amides is 1.